The summed E-state index contributed by atoms with van der Waals surface area (Å²) in [4.78, 5) is 0. The lowest BCUT2D eigenvalue weighted by Gasteiger charge is -2.58. The van der Waals surface area contributed by atoms with Gasteiger partial charge in [0.1, 0.15) is 6.61 Å². The number of rotatable bonds is 4. The first-order valence-corrected chi connectivity index (χ1v) is 11.5. The highest BCUT2D eigenvalue weighted by Crippen LogP contribution is 2.67. The van der Waals surface area contributed by atoms with Gasteiger partial charge in [0, 0.05) is 6.42 Å². The molecule has 0 saturated heterocycles. The molecule has 4 aliphatic carbocycles. The van der Waals surface area contributed by atoms with Gasteiger partial charge in [-0.15, -0.1) is 0 Å². The zero-order valence-electron chi connectivity index (χ0n) is 17.8. The van der Waals surface area contributed by atoms with E-state index in [1.54, 1.807) is 0 Å². The summed E-state index contributed by atoms with van der Waals surface area (Å²) in [6.45, 7) is 5.76. The number of aliphatic hydroxyl groups excluding tert-OH is 2. The van der Waals surface area contributed by atoms with Crippen LogP contribution in [-0.4, -0.2) is 28.8 Å². The Kier molecular flexibility index (Phi) is 5.23. The van der Waals surface area contributed by atoms with Gasteiger partial charge in [0.15, 0.2) is 0 Å². The van der Waals surface area contributed by atoms with Gasteiger partial charge in [-0.25, -0.2) is 8.78 Å². The van der Waals surface area contributed by atoms with E-state index in [0.29, 0.717) is 23.7 Å². The average Bonchev–Trinajstić information content (AvgIpc) is 2.99. The van der Waals surface area contributed by atoms with Crippen LogP contribution in [0.4, 0.5) is 8.78 Å². The molecule has 0 radical (unpaired) electrons. The molecular weight excluding hydrogens is 358 g/mol. The number of hydrogen-bond donors (Lipinski definition) is 2. The van der Waals surface area contributed by atoms with E-state index in [1.807, 2.05) is 6.92 Å². The summed E-state index contributed by atoms with van der Waals surface area (Å²) < 4.78 is 27.7. The van der Waals surface area contributed by atoms with Crippen LogP contribution in [-0.2, 0) is 0 Å². The molecule has 0 spiro atoms. The average molecular weight is 397 g/mol. The maximum absolute atomic E-state index is 13.9. The van der Waals surface area contributed by atoms with Crippen LogP contribution in [0.3, 0.4) is 0 Å². The molecule has 0 aromatic carbocycles. The minimum Gasteiger partial charge on any atom is -0.393 e. The van der Waals surface area contributed by atoms with Gasteiger partial charge in [0.05, 0.1) is 6.10 Å². The molecule has 4 heteroatoms. The van der Waals surface area contributed by atoms with Crippen molar-refractivity contribution >= 4 is 0 Å². The highest BCUT2D eigenvalue weighted by Gasteiger charge is 2.59. The van der Waals surface area contributed by atoms with Crippen LogP contribution in [0.25, 0.3) is 0 Å². The van der Waals surface area contributed by atoms with Crippen LogP contribution in [0, 0.1) is 40.4 Å². The first-order valence-electron chi connectivity index (χ1n) is 11.5. The summed E-state index contributed by atoms with van der Waals surface area (Å²) in [6.07, 6.45) is 10.6. The number of aliphatic hydroxyl groups is 2. The molecule has 3 fully saturated rings. The van der Waals surface area contributed by atoms with Crippen molar-refractivity contribution in [2.45, 2.75) is 90.6 Å². The molecule has 0 aliphatic heterocycles. The third-order valence-corrected chi connectivity index (χ3v) is 9.69. The predicted molar refractivity (Wildman–Crippen MR) is 107 cm³/mol. The zero-order valence-corrected chi connectivity index (χ0v) is 17.8. The molecule has 0 aromatic rings. The number of fused-ring (bicyclic) bond motifs is 5. The minimum absolute atomic E-state index is 0.0520. The van der Waals surface area contributed by atoms with E-state index in [2.05, 4.69) is 19.9 Å². The molecule has 3 saturated carbocycles. The highest BCUT2D eigenvalue weighted by atomic mass is 19.3. The Morgan fingerprint density at radius 3 is 2.61 bits per heavy atom. The van der Waals surface area contributed by atoms with Crippen LogP contribution >= 0.6 is 0 Å². The van der Waals surface area contributed by atoms with E-state index in [0.717, 1.165) is 38.5 Å². The van der Waals surface area contributed by atoms with E-state index in [9.17, 15) is 13.9 Å². The molecule has 160 valence electrons. The van der Waals surface area contributed by atoms with E-state index in [-0.39, 0.29) is 29.3 Å². The summed E-state index contributed by atoms with van der Waals surface area (Å²) >= 11 is 0. The van der Waals surface area contributed by atoms with Crippen molar-refractivity contribution in [2.75, 3.05) is 6.61 Å². The smallest absolute Gasteiger partial charge is 0.270 e. The summed E-state index contributed by atoms with van der Waals surface area (Å²) in [5.74, 6) is -0.692. The first kappa shape index (κ1) is 20.8. The van der Waals surface area contributed by atoms with Crippen LogP contribution < -0.4 is 0 Å². The van der Waals surface area contributed by atoms with Crippen molar-refractivity contribution in [3.63, 3.8) is 0 Å². The fourth-order valence-electron chi connectivity index (χ4n) is 8.29. The van der Waals surface area contributed by atoms with Gasteiger partial charge in [0.25, 0.3) is 5.92 Å². The Morgan fingerprint density at radius 2 is 1.89 bits per heavy atom. The third kappa shape index (κ3) is 3.17. The monoisotopic (exact) mass is 396 g/mol. The quantitative estimate of drug-likeness (QED) is 0.609. The van der Waals surface area contributed by atoms with Crippen molar-refractivity contribution in [2.24, 2.45) is 40.4 Å². The SMILES string of the molecule is C[C@H](CC(F)(F)CO)[C@H]1CC[C@H]2[C@@H]3CC=C4C[C@@H](O)CC[C@]4(C)[C@H]3CC[C@]12C. The Bertz CT molecular complexity index is 632. The second-order valence-corrected chi connectivity index (χ2v) is 11.1. The molecule has 0 aromatic heterocycles. The van der Waals surface area contributed by atoms with Gasteiger partial charge in [-0.3, -0.25) is 0 Å². The maximum atomic E-state index is 13.9. The molecule has 4 rings (SSSR count). The van der Waals surface area contributed by atoms with Crippen molar-refractivity contribution < 1.29 is 19.0 Å². The van der Waals surface area contributed by atoms with Crippen LogP contribution in [0.15, 0.2) is 11.6 Å². The molecule has 0 unspecified atom stereocenters. The Labute approximate surface area is 168 Å². The first-order chi connectivity index (χ1) is 13.1. The topological polar surface area (TPSA) is 40.5 Å². The summed E-state index contributed by atoms with van der Waals surface area (Å²) in [5.41, 5.74) is 1.88. The molecule has 0 amide bonds. The second-order valence-electron chi connectivity index (χ2n) is 11.1. The lowest BCUT2D eigenvalue weighted by Crippen LogP contribution is -2.51. The highest BCUT2D eigenvalue weighted by molar-refractivity contribution is 5.25. The molecule has 2 nitrogen and oxygen atoms in total. The Morgan fingerprint density at radius 1 is 1.14 bits per heavy atom. The van der Waals surface area contributed by atoms with Gasteiger partial charge >= 0.3 is 0 Å². The Hall–Kier alpha value is -0.480. The number of halogens is 2. The van der Waals surface area contributed by atoms with Crippen LogP contribution in [0.1, 0.15) is 78.6 Å². The molecule has 4 aliphatic rings. The van der Waals surface area contributed by atoms with Crippen molar-refractivity contribution in [1.82, 2.24) is 0 Å². The minimum atomic E-state index is -2.95. The number of alkyl halides is 2. The lowest BCUT2D eigenvalue weighted by molar-refractivity contribution is -0.0900. The summed E-state index contributed by atoms with van der Waals surface area (Å²) in [6, 6.07) is 0. The second kappa shape index (κ2) is 7.04. The molecule has 0 heterocycles. The molecular formula is C24H38F2O2. The van der Waals surface area contributed by atoms with E-state index in [1.165, 1.54) is 18.4 Å². The van der Waals surface area contributed by atoms with E-state index >= 15 is 0 Å². The number of hydrogen-bond acceptors (Lipinski definition) is 2. The largest absolute Gasteiger partial charge is 0.393 e. The van der Waals surface area contributed by atoms with E-state index in [4.69, 9.17) is 5.11 Å². The molecule has 28 heavy (non-hydrogen) atoms. The zero-order chi connectivity index (χ0) is 20.3. The molecule has 0 bridgehead atoms. The third-order valence-electron chi connectivity index (χ3n) is 9.69. The lowest BCUT2D eigenvalue weighted by atomic mass is 9.47. The number of allylic oxidation sites excluding steroid dienone is 1. The summed E-state index contributed by atoms with van der Waals surface area (Å²) in [7, 11) is 0. The van der Waals surface area contributed by atoms with Crippen LogP contribution in [0.5, 0.6) is 0 Å². The summed E-state index contributed by atoms with van der Waals surface area (Å²) in [5, 5.41) is 19.2. The van der Waals surface area contributed by atoms with Gasteiger partial charge < -0.3 is 10.2 Å². The van der Waals surface area contributed by atoms with Crippen molar-refractivity contribution in [3.05, 3.63) is 11.6 Å². The van der Waals surface area contributed by atoms with Crippen molar-refractivity contribution in [3.8, 4) is 0 Å². The predicted octanol–water partition coefficient (Wildman–Crippen LogP) is 5.58. The van der Waals surface area contributed by atoms with Crippen LogP contribution in [0.2, 0.25) is 0 Å². The maximum Gasteiger partial charge on any atom is 0.270 e. The fourth-order valence-corrected chi connectivity index (χ4v) is 8.29. The van der Waals surface area contributed by atoms with Gasteiger partial charge in [-0.1, -0.05) is 32.4 Å². The van der Waals surface area contributed by atoms with E-state index < -0.39 is 12.5 Å². The fraction of sp³-hybridized carbons (Fsp3) is 0.917. The molecule has 2 N–H and O–H groups in total. The van der Waals surface area contributed by atoms with Gasteiger partial charge in [-0.05, 0) is 91.8 Å². The Balaban J connectivity index is 1.55. The van der Waals surface area contributed by atoms with Crippen molar-refractivity contribution in [1.29, 1.82) is 0 Å². The molecule has 8 atom stereocenters. The standard InChI is InChI=1S/C24H38F2O2/c1-15(13-24(25,26)14-27)19-6-7-20-18-5-4-16-12-17(28)8-10-22(16,2)21(18)9-11-23(19,20)3/h4,15,17-21,27-28H,5-14H2,1-3H3/t15-,17+,18+,19-,20+,21+,22+,23-/m1/s1. The van der Waals surface area contributed by atoms with Gasteiger partial charge in [-0.2, -0.15) is 0 Å². The van der Waals surface area contributed by atoms with Gasteiger partial charge in [0.2, 0.25) is 0 Å². The normalized spacial score (nSPS) is 47.0.